The largest absolute Gasteiger partial charge is 0.490 e. The van der Waals surface area contributed by atoms with E-state index in [0.717, 1.165) is 25.7 Å². The third-order valence-electron chi connectivity index (χ3n) is 6.57. The standard InChI is InChI=1S/C26H36ClF3N4O2.O2S/c1-6-34-24(22(27)23(33-34)25(35)31-14-18-9-7-16(4)8-10-18)20-12-11-19(13-21(20)36-15(2)3)32-17(5)26(28,29)30;1-3-2/h11-13,15-18,32H,6-10,14H2,1-5H3,(H,31,35);/t16?,17-,18?;/m1./s1. The van der Waals surface area contributed by atoms with E-state index in [0.29, 0.717) is 36.0 Å². The minimum absolute atomic E-state index is 0.126. The van der Waals surface area contributed by atoms with E-state index in [9.17, 15) is 18.0 Å². The molecule has 0 unspecified atom stereocenters. The smallest absolute Gasteiger partial charge is 0.408 e. The van der Waals surface area contributed by atoms with Crippen molar-refractivity contribution in [2.24, 2.45) is 11.8 Å². The zero-order valence-corrected chi connectivity index (χ0v) is 24.3. The topological polar surface area (TPSA) is 102 Å². The van der Waals surface area contributed by atoms with Gasteiger partial charge in [-0.25, -0.2) is 0 Å². The first-order chi connectivity index (χ1) is 18.3. The molecule has 3 rings (SSSR count). The number of benzene rings is 1. The van der Waals surface area contributed by atoms with E-state index >= 15 is 0 Å². The van der Waals surface area contributed by atoms with Crippen LogP contribution in [0.25, 0.3) is 11.3 Å². The number of aromatic nitrogens is 2. The van der Waals surface area contributed by atoms with Crippen molar-refractivity contribution in [1.29, 1.82) is 0 Å². The van der Waals surface area contributed by atoms with Gasteiger partial charge in [0.2, 0.25) is 0 Å². The summed E-state index contributed by atoms with van der Waals surface area (Å²) >= 11 is 5.96. The SMILES string of the molecule is CCn1nc(C(=O)NCC2CCC(C)CC2)c(Cl)c1-c1ccc(N[C@H](C)C(F)(F)F)cc1OC(C)C.O=S=O. The number of ether oxygens (including phenoxy) is 1. The van der Waals surface area contributed by atoms with Crippen molar-refractivity contribution in [3.63, 3.8) is 0 Å². The number of rotatable bonds is 9. The molecule has 2 aromatic rings. The molecule has 1 saturated carbocycles. The summed E-state index contributed by atoms with van der Waals surface area (Å²) < 4.78 is 63.3. The monoisotopic (exact) mass is 592 g/mol. The molecule has 1 heterocycles. The molecule has 0 radical (unpaired) electrons. The van der Waals surface area contributed by atoms with Gasteiger partial charge in [0.15, 0.2) is 5.69 Å². The number of carbonyl (C=O) groups excluding carboxylic acids is 1. The van der Waals surface area contributed by atoms with Crippen LogP contribution in [0.5, 0.6) is 5.75 Å². The Balaban J connectivity index is 0.00000170. The summed E-state index contributed by atoms with van der Waals surface area (Å²) in [6.45, 7) is 9.85. The van der Waals surface area contributed by atoms with E-state index in [4.69, 9.17) is 24.8 Å². The molecule has 13 heteroatoms. The number of nitrogens with zero attached hydrogens (tertiary/aromatic N) is 2. The van der Waals surface area contributed by atoms with E-state index in [2.05, 4.69) is 22.7 Å². The summed E-state index contributed by atoms with van der Waals surface area (Å²) in [6, 6.07) is 2.97. The van der Waals surface area contributed by atoms with Crippen molar-refractivity contribution in [2.45, 2.75) is 85.2 Å². The number of nitrogens with one attached hydrogen (secondary N) is 2. The summed E-state index contributed by atoms with van der Waals surface area (Å²) in [5, 5.41) is 10.1. The Labute approximate surface area is 235 Å². The summed E-state index contributed by atoms with van der Waals surface area (Å²) in [7, 11) is 0. The number of aryl methyl sites for hydroxylation is 1. The molecular weight excluding hydrogens is 557 g/mol. The number of amides is 1. The predicted octanol–water partition coefficient (Wildman–Crippen LogP) is 6.26. The van der Waals surface area contributed by atoms with Gasteiger partial charge in [-0.3, -0.25) is 9.48 Å². The lowest BCUT2D eigenvalue weighted by molar-refractivity contribution is -0.138. The van der Waals surface area contributed by atoms with Crippen LogP contribution in [0.3, 0.4) is 0 Å². The minimum Gasteiger partial charge on any atom is -0.490 e. The van der Waals surface area contributed by atoms with Crippen LogP contribution in [0.15, 0.2) is 18.2 Å². The molecule has 1 aliphatic carbocycles. The van der Waals surface area contributed by atoms with Crippen LogP contribution in [0.4, 0.5) is 18.9 Å². The van der Waals surface area contributed by atoms with Gasteiger partial charge in [-0.05, 0) is 64.5 Å². The van der Waals surface area contributed by atoms with Gasteiger partial charge >= 0.3 is 17.7 Å². The summed E-state index contributed by atoms with van der Waals surface area (Å²) in [5.41, 5.74) is 1.43. The average molecular weight is 593 g/mol. The average Bonchev–Trinajstić information content (AvgIpc) is 3.19. The van der Waals surface area contributed by atoms with Crippen molar-refractivity contribution < 1.29 is 31.1 Å². The molecular formula is C26H36ClF3N4O4S. The maximum atomic E-state index is 13.1. The Kier molecular flexibility index (Phi) is 12.3. The highest BCUT2D eigenvalue weighted by molar-refractivity contribution is 7.51. The molecule has 1 fully saturated rings. The Morgan fingerprint density at radius 1 is 1.21 bits per heavy atom. The summed E-state index contributed by atoms with van der Waals surface area (Å²) in [6.07, 6.45) is -0.112. The molecule has 0 spiro atoms. The lowest BCUT2D eigenvalue weighted by atomic mass is 9.83. The molecule has 218 valence electrons. The predicted molar refractivity (Wildman–Crippen MR) is 146 cm³/mol. The lowest BCUT2D eigenvalue weighted by Crippen LogP contribution is -2.33. The van der Waals surface area contributed by atoms with E-state index in [-0.39, 0.29) is 28.4 Å². The molecule has 1 atom stereocenters. The molecule has 0 aliphatic heterocycles. The zero-order valence-electron chi connectivity index (χ0n) is 22.7. The van der Waals surface area contributed by atoms with Gasteiger partial charge in [-0.1, -0.05) is 31.4 Å². The fourth-order valence-corrected chi connectivity index (χ4v) is 4.74. The van der Waals surface area contributed by atoms with Gasteiger partial charge in [0.05, 0.1) is 16.8 Å². The molecule has 0 bridgehead atoms. The van der Waals surface area contributed by atoms with Crippen molar-refractivity contribution in [2.75, 3.05) is 11.9 Å². The fourth-order valence-electron chi connectivity index (χ4n) is 4.42. The van der Waals surface area contributed by atoms with Gasteiger partial charge in [0.1, 0.15) is 11.8 Å². The Morgan fingerprint density at radius 2 is 1.82 bits per heavy atom. The first-order valence-corrected chi connectivity index (χ1v) is 14.0. The third-order valence-corrected chi connectivity index (χ3v) is 6.93. The fraction of sp³-hybridized carbons (Fsp3) is 0.615. The highest BCUT2D eigenvalue weighted by Gasteiger charge is 2.36. The zero-order chi connectivity index (χ0) is 29.3. The number of carbonyl (C=O) groups is 1. The van der Waals surface area contributed by atoms with E-state index in [1.54, 1.807) is 10.7 Å². The second kappa shape index (κ2) is 14.7. The molecule has 1 aromatic heterocycles. The number of hydrogen-bond acceptors (Lipinski definition) is 6. The summed E-state index contributed by atoms with van der Waals surface area (Å²) in [4.78, 5) is 13.0. The van der Waals surface area contributed by atoms with E-state index in [1.807, 2.05) is 20.8 Å². The van der Waals surface area contributed by atoms with Gasteiger partial charge in [0.25, 0.3) is 5.91 Å². The Morgan fingerprint density at radius 3 is 2.36 bits per heavy atom. The van der Waals surface area contributed by atoms with Crippen LogP contribution in [0.2, 0.25) is 5.02 Å². The number of hydrogen-bond donors (Lipinski definition) is 2. The number of alkyl halides is 3. The number of anilines is 1. The normalized spacial score (nSPS) is 18.1. The molecule has 2 N–H and O–H groups in total. The quantitative estimate of drug-likeness (QED) is 0.356. The Bertz CT molecular complexity index is 1140. The maximum absolute atomic E-state index is 13.1. The minimum atomic E-state index is -4.39. The second-order valence-electron chi connectivity index (χ2n) is 10.0. The molecule has 8 nitrogen and oxygen atoms in total. The van der Waals surface area contributed by atoms with Crippen molar-refractivity contribution in [3.8, 4) is 17.0 Å². The van der Waals surface area contributed by atoms with E-state index in [1.165, 1.54) is 25.0 Å². The van der Waals surface area contributed by atoms with Gasteiger partial charge in [0, 0.05) is 30.4 Å². The highest BCUT2D eigenvalue weighted by Crippen LogP contribution is 2.39. The van der Waals surface area contributed by atoms with Crippen LogP contribution < -0.4 is 15.4 Å². The van der Waals surface area contributed by atoms with Crippen LogP contribution in [0.1, 0.15) is 70.8 Å². The van der Waals surface area contributed by atoms with Crippen LogP contribution >= 0.6 is 11.6 Å². The van der Waals surface area contributed by atoms with Crippen LogP contribution in [-0.2, 0) is 18.1 Å². The molecule has 1 aromatic carbocycles. The van der Waals surface area contributed by atoms with Gasteiger partial charge in [-0.2, -0.15) is 26.7 Å². The second-order valence-corrected chi connectivity index (χ2v) is 10.5. The van der Waals surface area contributed by atoms with Crippen molar-refractivity contribution in [1.82, 2.24) is 15.1 Å². The number of halogens is 4. The van der Waals surface area contributed by atoms with Gasteiger partial charge in [-0.15, -0.1) is 0 Å². The molecule has 39 heavy (non-hydrogen) atoms. The Hall–Kier alpha value is -2.60. The third kappa shape index (κ3) is 9.23. The molecule has 1 amide bonds. The van der Waals surface area contributed by atoms with Crippen LogP contribution in [0, 0.1) is 11.8 Å². The van der Waals surface area contributed by atoms with Gasteiger partial charge < -0.3 is 15.4 Å². The first-order valence-electron chi connectivity index (χ1n) is 12.9. The maximum Gasteiger partial charge on any atom is 0.408 e. The van der Waals surface area contributed by atoms with E-state index < -0.39 is 23.8 Å². The van der Waals surface area contributed by atoms with Crippen molar-refractivity contribution >= 4 is 34.8 Å². The van der Waals surface area contributed by atoms with Crippen LogP contribution in [-0.4, -0.2) is 49.0 Å². The first kappa shape index (κ1) is 32.6. The molecule has 0 saturated heterocycles. The van der Waals surface area contributed by atoms with Crippen molar-refractivity contribution in [3.05, 3.63) is 28.9 Å². The summed E-state index contributed by atoms with van der Waals surface area (Å²) in [5.74, 6) is 1.19. The highest BCUT2D eigenvalue weighted by atomic mass is 35.5. The molecule has 1 aliphatic rings. The lowest BCUT2D eigenvalue weighted by Gasteiger charge is -2.26.